The monoisotopic (exact) mass is 330 g/mol. The largest absolute Gasteiger partial charge is 0.478 e. The summed E-state index contributed by atoms with van der Waals surface area (Å²) >= 11 is 0. The van der Waals surface area contributed by atoms with E-state index in [9.17, 15) is 19.8 Å². The second-order valence-electron chi connectivity index (χ2n) is 5.06. The summed E-state index contributed by atoms with van der Waals surface area (Å²) < 4.78 is 10.8. The Labute approximate surface area is 133 Å². The molecule has 5 atom stereocenters. The third-order valence-corrected chi connectivity index (χ3v) is 3.40. The highest BCUT2D eigenvalue weighted by molar-refractivity contribution is 5.86. The van der Waals surface area contributed by atoms with Gasteiger partial charge in [-0.05, 0) is 13.0 Å². The summed E-state index contributed by atoms with van der Waals surface area (Å²) in [7, 11) is 0. The van der Waals surface area contributed by atoms with E-state index < -0.39 is 54.5 Å². The number of hydrogen-bond donors (Lipinski definition) is 5. The maximum Gasteiger partial charge on any atom is 0.370 e. The molecule has 5 N–H and O–H groups in total. The minimum absolute atomic E-state index is 0.176. The van der Waals surface area contributed by atoms with E-state index in [1.54, 1.807) is 6.92 Å². The van der Waals surface area contributed by atoms with E-state index in [4.69, 9.17) is 20.0 Å². The molecular formula is C14H22N2O7. The van der Waals surface area contributed by atoms with Crippen molar-refractivity contribution in [2.75, 3.05) is 13.2 Å². The summed E-state index contributed by atoms with van der Waals surface area (Å²) in [5, 5.41) is 38.3. The fourth-order valence-corrected chi connectivity index (χ4v) is 2.44. The van der Waals surface area contributed by atoms with Gasteiger partial charge in [0.25, 0.3) is 0 Å². The van der Waals surface area contributed by atoms with E-state index in [0.29, 0.717) is 0 Å². The highest BCUT2D eigenvalue weighted by atomic mass is 16.6. The molecule has 0 saturated carbocycles. The van der Waals surface area contributed by atoms with Gasteiger partial charge < -0.3 is 35.5 Å². The molecule has 1 aliphatic heterocycles. The van der Waals surface area contributed by atoms with Gasteiger partial charge in [-0.15, -0.1) is 0 Å². The number of carboxylic acid groups (broad SMARTS) is 1. The van der Waals surface area contributed by atoms with Crippen LogP contribution in [-0.4, -0.2) is 71.0 Å². The maximum atomic E-state index is 11.4. The van der Waals surface area contributed by atoms with E-state index in [1.165, 1.54) is 13.0 Å². The average Bonchev–Trinajstić information content (AvgIpc) is 2.51. The number of carbonyl (C=O) groups is 2. The fourth-order valence-electron chi connectivity index (χ4n) is 2.44. The van der Waals surface area contributed by atoms with Crippen LogP contribution in [0.5, 0.6) is 0 Å². The van der Waals surface area contributed by atoms with Gasteiger partial charge in [-0.3, -0.25) is 4.79 Å². The van der Waals surface area contributed by atoms with Crippen molar-refractivity contribution in [1.29, 1.82) is 5.41 Å². The summed E-state index contributed by atoms with van der Waals surface area (Å²) in [5.74, 6) is -2.90. The van der Waals surface area contributed by atoms with E-state index in [0.717, 1.165) is 6.21 Å². The van der Waals surface area contributed by atoms with Crippen molar-refractivity contribution in [2.45, 2.75) is 38.2 Å². The number of ether oxygens (including phenoxy) is 2. The predicted octanol–water partition coefficient (Wildman–Crippen LogP) is -1.12. The first kappa shape index (κ1) is 19.1. The Bertz CT molecular complexity index is 480. The van der Waals surface area contributed by atoms with Crippen LogP contribution in [0.3, 0.4) is 0 Å². The van der Waals surface area contributed by atoms with Crippen LogP contribution in [0.2, 0.25) is 0 Å². The molecule has 1 amide bonds. The highest BCUT2D eigenvalue weighted by Gasteiger charge is 2.44. The zero-order valence-corrected chi connectivity index (χ0v) is 12.9. The molecule has 0 aromatic heterocycles. The molecule has 0 aliphatic carbocycles. The van der Waals surface area contributed by atoms with Gasteiger partial charge in [-0.1, -0.05) is 0 Å². The lowest BCUT2D eigenvalue weighted by atomic mass is 9.87. The van der Waals surface area contributed by atoms with Crippen LogP contribution in [0.25, 0.3) is 0 Å². The first-order valence-corrected chi connectivity index (χ1v) is 7.15. The van der Waals surface area contributed by atoms with Crippen molar-refractivity contribution in [3.8, 4) is 0 Å². The standard InChI is InChI=1S/C14H22N2O7/c1-3-22-12(9(19)6-17)13-11(16-7(2)18)8(5-15)4-10(23-13)14(20)21/h4-5,8-9,11-13,15,17,19H,3,6H2,1-2H3,(H,16,18)(H,20,21). The van der Waals surface area contributed by atoms with Crippen LogP contribution < -0.4 is 5.32 Å². The van der Waals surface area contributed by atoms with Crippen LogP contribution in [0.4, 0.5) is 0 Å². The molecule has 9 nitrogen and oxygen atoms in total. The maximum absolute atomic E-state index is 11.4. The SMILES string of the molecule is CCOC(C(O)CO)C1OC(C(=O)O)=CC(C=N)C1NC(C)=O. The molecule has 1 rings (SSSR count). The molecule has 9 heteroatoms. The number of rotatable bonds is 8. The summed E-state index contributed by atoms with van der Waals surface area (Å²) in [4.78, 5) is 22.6. The highest BCUT2D eigenvalue weighted by Crippen LogP contribution is 2.27. The van der Waals surface area contributed by atoms with Crippen molar-refractivity contribution in [1.82, 2.24) is 5.32 Å². The lowest BCUT2D eigenvalue weighted by Crippen LogP contribution is -2.59. The molecule has 5 unspecified atom stereocenters. The quantitative estimate of drug-likeness (QED) is 0.354. The third-order valence-electron chi connectivity index (χ3n) is 3.40. The van der Waals surface area contributed by atoms with Crippen LogP contribution in [0.1, 0.15) is 13.8 Å². The minimum atomic E-state index is -1.34. The van der Waals surface area contributed by atoms with Crippen molar-refractivity contribution >= 4 is 18.1 Å². The first-order valence-electron chi connectivity index (χ1n) is 7.15. The van der Waals surface area contributed by atoms with Gasteiger partial charge in [0.15, 0.2) is 0 Å². The van der Waals surface area contributed by atoms with Gasteiger partial charge in [0.2, 0.25) is 11.7 Å². The third kappa shape index (κ3) is 4.75. The van der Waals surface area contributed by atoms with Crippen LogP contribution in [0, 0.1) is 11.3 Å². The van der Waals surface area contributed by atoms with Gasteiger partial charge in [-0.2, -0.15) is 0 Å². The lowest BCUT2D eigenvalue weighted by molar-refractivity contribution is -0.153. The van der Waals surface area contributed by atoms with E-state index in [2.05, 4.69) is 5.32 Å². The smallest absolute Gasteiger partial charge is 0.370 e. The van der Waals surface area contributed by atoms with Crippen molar-refractivity contribution in [3.05, 3.63) is 11.8 Å². The summed E-state index contributed by atoms with van der Waals surface area (Å²) in [6.45, 7) is 2.48. The number of aliphatic hydroxyl groups excluding tert-OH is 2. The number of carbonyl (C=O) groups excluding carboxylic acids is 1. The van der Waals surface area contributed by atoms with Crippen molar-refractivity contribution in [2.24, 2.45) is 5.92 Å². The summed E-state index contributed by atoms with van der Waals surface area (Å²) in [6, 6.07) is -0.814. The number of amides is 1. The lowest BCUT2D eigenvalue weighted by Gasteiger charge is -2.40. The molecule has 1 heterocycles. The van der Waals surface area contributed by atoms with Crippen LogP contribution in [0.15, 0.2) is 11.8 Å². The van der Waals surface area contributed by atoms with E-state index >= 15 is 0 Å². The molecule has 0 saturated heterocycles. The second-order valence-corrected chi connectivity index (χ2v) is 5.06. The molecule has 0 fully saturated rings. The van der Waals surface area contributed by atoms with Crippen LogP contribution in [-0.2, 0) is 19.1 Å². The zero-order valence-electron chi connectivity index (χ0n) is 12.9. The summed E-state index contributed by atoms with van der Waals surface area (Å²) in [5.41, 5.74) is 0. The Hall–Kier alpha value is -1.97. The Morgan fingerprint density at radius 1 is 1.57 bits per heavy atom. The van der Waals surface area contributed by atoms with Crippen molar-refractivity contribution in [3.63, 3.8) is 0 Å². The molecule has 23 heavy (non-hydrogen) atoms. The Morgan fingerprint density at radius 2 is 2.22 bits per heavy atom. The number of aliphatic carboxylic acids is 1. The molecule has 130 valence electrons. The minimum Gasteiger partial charge on any atom is -0.478 e. The molecule has 0 bridgehead atoms. The topological polar surface area (TPSA) is 149 Å². The van der Waals surface area contributed by atoms with Crippen molar-refractivity contribution < 1.29 is 34.4 Å². The summed E-state index contributed by atoms with van der Waals surface area (Å²) in [6.07, 6.45) is -1.31. The fraction of sp³-hybridized carbons (Fsp3) is 0.643. The van der Waals surface area contributed by atoms with Crippen LogP contribution >= 0.6 is 0 Å². The molecule has 1 aliphatic rings. The number of nitrogens with one attached hydrogen (secondary N) is 2. The molecule has 0 radical (unpaired) electrons. The van der Waals surface area contributed by atoms with Gasteiger partial charge in [-0.25, -0.2) is 4.79 Å². The van der Waals surface area contributed by atoms with Gasteiger partial charge in [0, 0.05) is 25.7 Å². The zero-order chi connectivity index (χ0) is 17.6. The molecule has 0 aromatic rings. The number of aliphatic hydroxyl groups is 2. The van der Waals surface area contributed by atoms with Gasteiger partial charge in [0.1, 0.15) is 18.3 Å². The number of hydrogen-bond acceptors (Lipinski definition) is 7. The molecular weight excluding hydrogens is 308 g/mol. The molecule has 0 aromatic carbocycles. The normalized spacial score (nSPS) is 26.4. The molecule has 0 spiro atoms. The van der Waals surface area contributed by atoms with Gasteiger partial charge >= 0.3 is 5.97 Å². The van der Waals surface area contributed by atoms with E-state index in [1.807, 2.05) is 0 Å². The first-order chi connectivity index (χ1) is 10.8. The average molecular weight is 330 g/mol. The number of carboxylic acids is 1. The van der Waals surface area contributed by atoms with Gasteiger partial charge in [0.05, 0.1) is 12.6 Å². The second kappa shape index (κ2) is 8.61. The Morgan fingerprint density at radius 3 is 2.65 bits per heavy atom. The predicted molar refractivity (Wildman–Crippen MR) is 79.0 cm³/mol. The Balaban J connectivity index is 3.24. The van der Waals surface area contributed by atoms with E-state index in [-0.39, 0.29) is 6.61 Å². The Kier molecular flexibility index (Phi) is 7.14.